The number of nitrogens with one attached hydrogen (secondary N) is 2. The van der Waals surface area contributed by atoms with Crippen LogP contribution in [0.3, 0.4) is 0 Å². The number of rotatable bonds is 9. The number of amides is 2. The van der Waals surface area contributed by atoms with Crippen molar-refractivity contribution in [1.82, 2.24) is 10.8 Å². The van der Waals surface area contributed by atoms with Gasteiger partial charge in [-0.3, -0.25) is 4.79 Å². The zero-order chi connectivity index (χ0) is 21.0. The third-order valence-corrected chi connectivity index (χ3v) is 4.76. The van der Waals surface area contributed by atoms with E-state index in [1.54, 1.807) is 6.92 Å². The Bertz CT molecular complexity index is 777. The van der Waals surface area contributed by atoms with E-state index in [1.165, 1.54) is 0 Å². The predicted octanol–water partition coefficient (Wildman–Crippen LogP) is 4.22. The number of hydrogen-bond donors (Lipinski definition) is 2. The zero-order valence-corrected chi connectivity index (χ0v) is 16.7. The summed E-state index contributed by atoms with van der Waals surface area (Å²) in [6, 6.07) is 22.2. The van der Waals surface area contributed by atoms with Crippen LogP contribution >= 0.6 is 0 Å². The highest BCUT2D eigenvalue weighted by Gasteiger charge is 2.33. The van der Waals surface area contributed by atoms with Crippen molar-refractivity contribution in [3.05, 3.63) is 71.8 Å². The van der Waals surface area contributed by atoms with Gasteiger partial charge in [0.15, 0.2) is 0 Å². The summed E-state index contributed by atoms with van der Waals surface area (Å²) in [5.41, 5.74) is 3.37. The van der Waals surface area contributed by atoms with Crippen LogP contribution in [0.2, 0.25) is 0 Å². The molecular formula is C23H27N3O3. The molecule has 29 heavy (non-hydrogen) atoms. The molecule has 0 aromatic heterocycles. The summed E-state index contributed by atoms with van der Waals surface area (Å²) in [7, 11) is 0. The maximum absolute atomic E-state index is 11.7. The molecule has 0 aliphatic heterocycles. The minimum Gasteiger partial charge on any atom is -0.322 e. The van der Waals surface area contributed by atoms with Crippen LogP contribution in [0.4, 0.5) is 4.79 Å². The molecule has 6 heteroatoms. The Morgan fingerprint density at radius 3 is 2.07 bits per heavy atom. The summed E-state index contributed by atoms with van der Waals surface area (Å²) in [4.78, 5) is 27.5. The molecule has 2 amide bonds. The summed E-state index contributed by atoms with van der Waals surface area (Å²) in [5.74, 6) is -0.339. The first-order valence-electron chi connectivity index (χ1n) is 9.88. The van der Waals surface area contributed by atoms with Crippen molar-refractivity contribution in [3.8, 4) is 6.07 Å². The molecule has 2 rings (SSSR count). The lowest BCUT2D eigenvalue weighted by Gasteiger charge is -2.28. The van der Waals surface area contributed by atoms with E-state index in [4.69, 9.17) is 0 Å². The van der Waals surface area contributed by atoms with Crippen molar-refractivity contribution in [2.24, 2.45) is 0 Å². The summed E-state index contributed by atoms with van der Waals surface area (Å²) < 4.78 is 0. The number of nitriles is 1. The minimum absolute atomic E-state index is 0.260. The van der Waals surface area contributed by atoms with Crippen LogP contribution in [0.5, 0.6) is 0 Å². The third kappa shape index (κ3) is 6.35. The van der Waals surface area contributed by atoms with Gasteiger partial charge in [-0.05, 0) is 30.9 Å². The second-order valence-electron chi connectivity index (χ2n) is 6.75. The fraction of sp³-hybridized carbons (Fsp3) is 0.348. The van der Waals surface area contributed by atoms with E-state index in [0.717, 1.165) is 24.0 Å². The van der Waals surface area contributed by atoms with Gasteiger partial charge >= 0.3 is 6.09 Å². The maximum Gasteiger partial charge on any atom is 0.431 e. The monoisotopic (exact) mass is 393 g/mol. The Balaban J connectivity index is 1.91. The summed E-state index contributed by atoms with van der Waals surface area (Å²) in [6.07, 6.45) is 2.48. The molecule has 0 aliphatic carbocycles. The lowest BCUT2D eigenvalue weighted by atomic mass is 9.72. The fourth-order valence-corrected chi connectivity index (χ4v) is 3.27. The van der Waals surface area contributed by atoms with Crippen LogP contribution in [0.1, 0.15) is 50.2 Å². The van der Waals surface area contributed by atoms with E-state index in [2.05, 4.69) is 21.7 Å². The molecule has 0 fully saturated rings. The second-order valence-corrected chi connectivity index (χ2v) is 6.75. The molecule has 0 aliphatic rings. The largest absolute Gasteiger partial charge is 0.431 e. The number of hydroxylamine groups is 1. The van der Waals surface area contributed by atoms with E-state index in [-0.39, 0.29) is 12.3 Å². The molecule has 0 unspecified atom stereocenters. The van der Waals surface area contributed by atoms with Crippen molar-refractivity contribution in [2.75, 3.05) is 6.54 Å². The Hall–Kier alpha value is -3.33. The van der Waals surface area contributed by atoms with Crippen LogP contribution in [0, 0.1) is 11.3 Å². The molecule has 152 valence electrons. The minimum atomic E-state index is -0.716. The van der Waals surface area contributed by atoms with Gasteiger partial charge in [-0.2, -0.15) is 10.7 Å². The molecule has 0 heterocycles. The SMILES string of the molecule is CCNC(=O)ONC(=O)CCCCCC(C#N)(c1ccccc1)c1ccccc1. The highest BCUT2D eigenvalue weighted by molar-refractivity contribution is 5.77. The van der Waals surface area contributed by atoms with Crippen LogP contribution in [0.15, 0.2) is 60.7 Å². The van der Waals surface area contributed by atoms with Crippen LogP contribution in [-0.2, 0) is 15.0 Å². The molecule has 0 radical (unpaired) electrons. The van der Waals surface area contributed by atoms with Gasteiger partial charge < -0.3 is 10.2 Å². The number of carbonyl (C=O) groups excluding carboxylic acids is 2. The first-order valence-corrected chi connectivity index (χ1v) is 9.88. The average molecular weight is 393 g/mol. The molecule has 0 saturated carbocycles. The molecule has 2 aromatic rings. The smallest absolute Gasteiger partial charge is 0.322 e. The number of carbonyl (C=O) groups is 2. The second kappa shape index (κ2) is 11.5. The highest BCUT2D eigenvalue weighted by atomic mass is 16.7. The summed E-state index contributed by atoms with van der Waals surface area (Å²) >= 11 is 0. The fourth-order valence-electron chi connectivity index (χ4n) is 3.27. The van der Waals surface area contributed by atoms with Gasteiger partial charge in [0.2, 0.25) is 0 Å². The lowest BCUT2D eigenvalue weighted by molar-refractivity contribution is -0.129. The molecule has 0 saturated heterocycles. The summed E-state index contributed by atoms with van der Waals surface area (Å²) in [6.45, 7) is 2.19. The van der Waals surface area contributed by atoms with Gasteiger partial charge in [0, 0.05) is 13.0 Å². The van der Waals surface area contributed by atoms with Crippen molar-refractivity contribution in [2.45, 2.75) is 44.4 Å². The van der Waals surface area contributed by atoms with E-state index >= 15 is 0 Å². The van der Waals surface area contributed by atoms with Crippen LogP contribution < -0.4 is 10.8 Å². The Kier molecular flexibility index (Phi) is 8.71. The molecular weight excluding hydrogens is 366 g/mol. The van der Waals surface area contributed by atoms with Gasteiger partial charge in [0.25, 0.3) is 5.91 Å². The summed E-state index contributed by atoms with van der Waals surface area (Å²) in [5, 5.41) is 12.6. The van der Waals surface area contributed by atoms with Gasteiger partial charge in [-0.25, -0.2) is 4.79 Å². The quantitative estimate of drug-likeness (QED) is 0.493. The molecule has 6 nitrogen and oxygen atoms in total. The Morgan fingerprint density at radius 1 is 0.966 bits per heavy atom. The topological polar surface area (TPSA) is 91.2 Å². The maximum atomic E-state index is 11.7. The number of benzene rings is 2. The Labute approximate surface area is 171 Å². The van der Waals surface area contributed by atoms with Crippen LogP contribution in [-0.4, -0.2) is 18.5 Å². The first kappa shape index (κ1) is 22.0. The van der Waals surface area contributed by atoms with E-state index < -0.39 is 11.5 Å². The molecule has 2 aromatic carbocycles. The molecule has 0 atom stereocenters. The molecule has 0 spiro atoms. The van der Waals surface area contributed by atoms with E-state index in [0.29, 0.717) is 19.4 Å². The van der Waals surface area contributed by atoms with Gasteiger partial charge in [0.05, 0.1) is 6.07 Å². The van der Waals surface area contributed by atoms with Gasteiger partial charge in [-0.1, -0.05) is 73.5 Å². The molecule has 2 N–H and O–H groups in total. The van der Waals surface area contributed by atoms with E-state index in [9.17, 15) is 14.9 Å². The highest BCUT2D eigenvalue weighted by Crippen LogP contribution is 2.36. The molecule has 0 bridgehead atoms. The standard InChI is InChI=1S/C23H27N3O3/c1-2-25-22(28)29-26-21(27)16-10-5-11-17-23(18-24,19-12-6-3-7-13-19)20-14-8-4-9-15-20/h3-4,6-9,12-15H,2,5,10-11,16-17H2,1H3,(H,25,28)(H,26,27). The van der Waals surface area contributed by atoms with Gasteiger partial charge in [0.1, 0.15) is 5.41 Å². The third-order valence-electron chi connectivity index (χ3n) is 4.76. The lowest BCUT2D eigenvalue weighted by Crippen LogP contribution is -2.33. The van der Waals surface area contributed by atoms with Gasteiger partial charge in [-0.15, -0.1) is 0 Å². The van der Waals surface area contributed by atoms with Crippen molar-refractivity contribution >= 4 is 12.0 Å². The van der Waals surface area contributed by atoms with Crippen LogP contribution in [0.25, 0.3) is 0 Å². The number of nitrogens with zero attached hydrogens (tertiary/aromatic N) is 1. The Morgan fingerprint density at radius 2 is 1.55 bits per heavy atom. The number of unbranched alkanes of at least 4 members (excludes halogenated alkanes) is 2. The van der Waals surface area contributed by atoms with E-state index in [1.807, 2.05) is 60.7 Å². The van der Waals surface area contributed by atoms with Crippen molar-refractivity contribution in [1.29, 1.82) is 5.26 Å². The average Bonchev–Trinajstić information content (AvgIpc) is 2.76. The number of hydrogen-bond acceptors (Lipinski definition) is 4. The van der Waals surface area contributed by atoms with Crippen molar-refractivity contribution in [3.63, 3.8) is 0 Å². The zero-order valence-electron chi connectivity index (χ0n) is 16.7. The normalized spacial score (nSPS) is 10.6. The predicted molar refractivity (Wildman–Crippen MR) is 111 cm³/mol. The first-order chi connectivity index (χ1) is 14.1. The van der Waals surface area contributed by atoms with Crippen molar-refractivity contribution < 1.29 is 14.4 Å².